The molecular weight excluding hydrogens is 474 g/mol. The van der Waals surface area contributed by atoms with Crippen LogP contribution in [0.15, 0.2) is 75.3 Å². The van der Waals surface area contributed by atoms with Gasteiger partial charge in [0, 0.05) is 16.5 Å². The topological polar surface area (TPSA) is 80.0 Å². The van der Waals surface area contributed by atoms with Crippen molar-refractivity contribution in [3.8, 4) is 5.75 Å². The summed E-state index contributed by atoms with van der Waals surface area (Å²) in [7, 11) is 0. The molecular formula is C25H20BrNO5. The molecule has 2 unspecified atom stereocenters. The van der Waals surface area contributed by atoms with Gasteiger partial charge in [-0.3, -0.25) is 9.59 Å². The number of ether oxygens (including phenoxy) is 1. The second-order valence-corrected chi connectivity index (χ2v) is 8.93. The predicted octanol–water partition coefficient (Wildman–Crippen LogP) is 4.99. The van der Waals surface area contributed by atoms with Gasteiger partial charge in [0.15, 0.2) is 0 Å². The summed E-state index contributed by atoms with van der Waals surface area (Å²) < 4.78 is 12.0. The minimum absolute atomic E-state index is 0.0593. The average molecular weight is 494 g/mol. The van der Waals surface area contributed by atoms with E-state index in [1.54, 1.807) is 24.3 Å². The van der Waals surface area contributed by atoms with E-state index in [-0.39, 0.29) is 24.0 Å². The van der Waals surface area contributed by atoms with Crippen molar-refractivity contribution >= 4 is 33.4 Å². The highest BCUT2D eigenvalue weighted by Gasteiger charge is 2.46. The lowest BCUT2D eigenvalue weighted by molar-refractivity contribution is -0.140. The van der Waals surface area contributed by atoms with Crippen LogP contribution in [0.2, 0.25) is 0 Å². The second-order valence-electron chi connectivity index (χ2n) is 8.01. The molecule has 0 aliphatic carbocycles. The van der Waals surface area contributed by atoms with Crippen LogP contribution in [0.1, 0.15) is 35.4 Å². The van der Waals surface area contributed by atoms with Gasteiger partial charge in [0.05, 0.1) is 24.4 Å². The zero-order valence-corrected chi connectivity index (χ0v) is 18.8. The van der Waals surface area contributed by atoms with Crippen molar-refractivity contribution in [3.05, 3.63) is 93.4 Å². The van der Waals surface area contributed by atoms with E-state index >= 15 is 0 Å². The number of amides is 1. The summed E-state index contributed by atoms with van der Waals surface area (Å²) in [5.74, 6) is -0.254. The van der Waals surface area contributed by atoms with Crippen LogP contribution in [0, 0.1) is 0 Å². The van der Waals surface area contributed by atoms with Gasteiger partial charge in [-0.1, -0.05) is 28.1 Å². The predicted molar refractivity (Wildman–Crippen MR) is 121 cm³/mol. The second kappa shape index (κ2) is 7.98. The Hall–Kier alpha value is -3.32. The molecule has 32 heavy (non-hydrogen) atoms. The number of benzene rings is 2. The number of rotatable bonds is 4. The molecule has 0 radical (unpaired) electrons. The number of likely N-dealkylation sites (tertiary alicyclic amines) is 1. The Morgan fingerprint density at radius 3 is 2.66 bits per heavy atom. The molecule has 3 aromatic rings. The Morgan fingerprint density at radius 1 is 1.16 bits per heavy atom. The standard InChI is InChI=1S/C25H20BrNO5/c1-14-11-17-12-16(6-9-20(17)32-14)23(28)21-22(15-4-7-18(26)8-5-15)27(25(30)24(21)29)13-19-3-2-10-31-19/h2-10,12,14,22,28H,11,13H2,1H3. The number of ketones is 1. The first-order chi connectivity index (χ1) is 15.4. The quantitative estimate of drug-likeness (QED) is 0.314. The van der Waals surface area contributed by atoms with Crippen LogP contribution in [-0.4, -0.2) is 27.8 Å². The highest BCUT2D eigenvalue weighted by atomic mass is 79.9. The molecule has 5 rings (SSSR count). The van der Waals surface area contributed by atoms with E-state index in [9.17, 15) is 14.7 Å². The van der Waals surface area contributed by atoms with Crippen LogP contribution in [-0.2, 0) is 22.6 Å². The van der Waals surface area contributed by atoms with Gasteiger partial charge in [0.25, 0.3) is 11.7 Å². The van der Waals surface area contributed by atoms with Crippen molar-refractivity contribution in [1.29, 1.82) is 0 Å². The molecule has 1 aromatic heterocycles. The molecule has 2 aromatic carbocycles. The number of fused-ring (bicyclic) bond motifs is 1. The zero-order chi connectivity index (χ0) is 22.4. The molecule has 7 heteroatoms. The first kappa shape index (κ1) is 20.6. The highest BCUT2D eigenvalue weighted by Crippen LogP contribution is 2.41. The summed E-state index contributed by atoms with van der Waals surface area (Å²) in [5.41, 5.74) is 2.24. The molecule has 0 saturated carbocycles. The van der Waals surface area contributed by atoms with Crippen LogP contribution in [0.25, 0.3) is 5.76 Å². The van der Waals surface area contributed by atoms with Crippen LogP contribution in [0.3, 0.4) is 0 Å². The summed E-state index contributed by atoms with van der Waals surface area (Å²) in [6.07, 6.45) is 2.30. The maximum atomic E-state index is 13.1. The summed E-state index contributed by atoms with van der Waals surface area (Å²) in [6, 6.07) is 15.4. The monoisotopic (exact) mass is 493 g/mol. The summed E-state index contributed by atoms with van der Waals surface area (Å²) >= 11 is 3.42. The van der Waals surface area contributed by atoms with Gasteiger partial charge in [-0.05, 0) is 60.5 Å². The van der Waals surface area contributed by atoms with E-state index in [4.69, 9.17) is 9.15 Å². The minimum atomic E-state index is -0.739. The number of hydrogen-bond acceptors (Lipinski definition) is 5. The number of aliphatic hydroxyl groups is 1. The molecule has 0 spiro atoms. The first-order valence-electron chi connectivity index (χ1n) is 10.3. The number of carbonyl (C=O) groups excluding carboxylic acids is 2. The van der Waals surface area contributed by atoms with E-state index < -0.39 is 17.7 Å². The zero-order valence-electron chi connectivity index (χ0n) is 17.2. The van der Waals surface area contributed by atoms with Gasteiger partial charge in [0.1, 0.15) is 23.4 Å². The maximum Gasteiger partial charge on any atom is 0.296 e. The van der Waals surface area contributed by atoms with Crippen molar-refractivity contribution in [2.45, 2.75) is 32.0 Å². The SMILES string of the molecule is CC1Cc2cc(C(O)=C3C(=O)C(=O)N(Cc4ccco4)C3c3ccc(Br)cc3)ccc2O1. The van der Waals surface area contributed by atoms with Crippen molar-refractivity contribution < 1.29 is 23.8 Å². The molecule has 6 nitrogen and oxygen atoms in total. The smallest absolute Gasteiger partial charge is 0.296 e. The van der Waals surface area contributed by atoms with Gasteiger partial charge >= 0.3 is 0 Å². The van der Waals surface area contributed by atoms with Crippen LogP contribution in [0.5, 0.6) is 5.75 Å². The lowest BCUT2D eigenvalue weighted by Gasteiger charge is -2.24. The van der Waals surface area contributed by atoms with Gasteiger partial charge < -0.3 is 19.2 Å². The third-order valence-electron chi connectivity index (χ3n) is 5.80. The molecule has 1 N–H and O–H groups in total. The molecule has 1 fully saturated rings. The number of aliphatic hydroxyl groups excluding tert-OH is 1. The normalized spacial score (nSPS) is 21.6. The van der Waals surface area contributed by atoms with E-state index in [2.05, 4.69) is 15.9 Å². The van der Waals surface area contributed by atoms with Gasteiger partial charge in [-0.25, -0.2) is 0 Å². The highest BCUT2D eigenvalue weighted by molar-refractivity contribution is 9.10. The number of nitrogens with zero attached hydrogens (tertiary/aromatic N) is 1. The number of halogens is 1. The van der Waals surface area contributed by atoms with Gasteiger partial charge in [0.2, 0.25) is 0 Å². The Morgan fingerprint density at radius 2 is 1.94 bits per heavy atom. The summed E-state index contributed by atoms with van der Waals surface area (Å²) in [6.45, 7) is 2.10. The van der Waals surface area contributed by atoms with Crippen molar-refractivity contribution in [3.63, 3.8) is 0 Å². The first-order valence-corrected chi connectivity index (χ1v) is 11.1. The fraction of sp³-hybridized carbons (Fsp3) is 0.200. The van der Waals surface area contributed by atoms with Crippen LogP contribution in [0.4, 0.5) is 0 Å². The molecule has 2 aliphatic rings. The third kappa shape index (κ3) is 3.52. The molecule has 162 valence electrons. The molecule has 3 heterocycles. The van der Waals surface area contributed by atoms with Crippen molar-refractivity contribution in [2.24, 2.45) is 0 Å². The van der Waals surface area contributed by atoms with E-state index in [0.29, 0.717) is 11.3 Å². The minimum Gasteiger partial charge on any atom is -0.507 e. The Kier molecular flexibility index (Phi) is 5.13. The third-order valence-corrected chi connectivity index (χ3v) is 6.33. The Balaban J connectivity index is 1.63. The fourth-order valence-corrected chi connectivity index (χ4v) is 4.59. The van der Waals surface area contributed by atoms with E-state index in [0.717, 1.165) is 27.8 Å². The maximum absolute atomic E-state index is 13.1. The van der Waals surface area contributed by atoms with Gasteiger partial charge in [-0.2, -0.15) is 0 Å². The molecule has 1 amide bonds. The Labute approximate surface area is 193 Å². The van der Waals surface area contributed by atoms with E-state index in [1.165, 1.54) is 11.2 Å². The van der Waals surface area contributed by atoms with Crippen molar-refractivity contribution in [1.82, 2.24) is 4.90 Å². The molecule has 2 atom stereocenters. The average Bonchev–Trinajstić information content (AvgIpc) is 3.48. The van der Waals surface area contributed by atoms with Crippen LogP contribution >= 0.6 is 15.9 Å². The lowest BCUT2D eigenvalue weighted by Crippen LogP contribution is -2.29. The molecule has 2 aliphatic heterocycles. The largest absolute Gasteiger partial charge is 0.507 e. The molecule has 1 saturated heterocycles. The van der Waals surface area contributed by atoms with E-state index in [1.807, 2.05) is 37.3 Å². The Bertz CT molecular complexity index is 1230. The van der Waals surface area contributed by atoms with Crippen molar-refractivity contribution in [2.75, 3.05) is 0 Å². The fourth-order valence-electron chi connectivity index (χ4n) is 4.33. The number of Topliss-reactive ketones (excluding diaryl/α,β-unsaturated/α-hetero) is 1. The number of carbonyl (C=O) groups is 2. The number of hydrogen-bond donors (Lipinski definition) is 1. The van der Waals surface area contributed by atoms with Crippen LogP contribution < -0.4 is 4.74 Å². The number of furan rings is 1. The summed E-state index contributed by atoms with van der Waals surface area (Å²) in [4.78, 5) is 27.6. The van der Waals surface area contributed by atoms with Gasteiger partial charge in [-0.15, -0.1) is 0 Å². The summed E-state index contributed by atoms with van der Waals surface area (Å²) in [5, 5.41) is 11.2. The molecule has 0 bridgehead atoms. The lowest BCUT2D eigenvalue weighted by atomic mass is 9.94.